The normalized spacial score (nSPS) is 11.8. The molecule has 2 N–H and O–H groups in total. The fraction of sp³-hybridized carbons (Fsp3) is 0.571. The standard InChI is InChI=1S/C7H12ClNO3/c1-2-3-12-7(11)9-5-6(10)4-8/h2,6,10H,1,3-5H2,(H,9,11)/t6-/m0/s1. The lowest BCUT2D eigenvalue weighted by Crippen LogP contribution is -2.33. The Kier molecular flexibility index (Phi) is 6.51. The maximum atomic E-state index is 10.7. The number of alkyl carbamates (subject to hydrolysis) is 1. The van der Waals surface area contributed by atoms with Crippen molar-refractivity contribution in [3.8, 4) is 0 Å². The van der Waals surface area contributed by atoms with Crippen molar-refractivity contribution in [1.29, 1.82) is 0 Å². The van der Waals surface area contributed by atoms with E-state index in [1.165, 1.54) is 6.08 Å². The van der Waals surface area contributed by atoms with Gasteiger partial charge < -0.3 is 15.2 Å². The van der Waals surface area contributed by atoms with Gasteiger partial charge in [0.2, 0.25) is 0 Å². The van der Waals surface area contributed by atoms with Crippen LogP contribution in [0.5, 0.6) is 0 Å². The lowest BCUT2D eigenvalue weighted by Gasteiger charge is -2.07. The minimum atomic E-state index is -0.733. The van der Waals surface area contributed by atoms with Crippen LogP contribution in [0.4, 0.5) is 4.79 Å². The smallest absolute Gasteiger partial charge is 0.407 e. The molecule has 0 aromatic heterocycles. The summed E-state index contributed by atoms with van der Waals surface area (Å²) in [4.78, 5) is 10.7. The van der Waals surface area contributed by atoms with Gasteiger partial charge in [-0.3, -0.25) is 0 Å². The summed E-state index contributed by atoms with van der Waals surface area (Å²) in [5.74, 6) is 0.0851. The molecule has 0 aromatic carbocycles. The highest BCUT2D eigenvalue weighted by Crippen LogP contribution is 1.85. The van der Waals surface area contributed by atoms with Gasteiger partial charge in [0.1, 0.15) is 6.61 Å². The highest BCUT2D eigenvalue weighted by molar-refractivity contribution is 6.18. The van der Waals surface area contributed by atoms with Gasteiger partial charge in [0, 0.05) is 6.54 Å². The molecule has 4 nitrogen and oxygen atoms in total. The third kappa shape index (κ3) is 6.00. The number of alkyl halides is 1. The molecule has 0 aliphatic heterocycles. The first-order valence-electron chi connectivity index (χ1n) is 3.46. The molecule has 0 aromatic rings. The van der Waals surface area contributed by atoms with E-state index in [0.29, 0.717) is 0 Å². The summed E-state index contributed by atoms with van der Waals surface area (Å²) in [6.07, 6.45) is 0.138. The molecule has 70 valence electrons. The summed E-state index contributed by atoms with van der Waals surface area (Å²) >= 11 is 5.28. The molecule has 0 saturated carbocycles. The number of rotatable bonds is 5. The van der Waals surface area contributed by atoms with E-state index in [9.17, 15) is 4.79 Å². The Hall–Kier alpha value is -0.740. The molecule has 0 fully saturated rings. The fourth-order valence-electron chi connectivity index (χ4n) is 0.441. The zero-order valence-electron chi connectivity index (χ0n) is 6.62. The number of amides is 1. The molecule has 0 saturated heterocycles. The summed E-state index contributed by atoms with van der Waals surface area (Å²) < 4.78 is 4.56. The topological polar surface area (TPSA) is 58.6 Å². The first-order chi connectivity index (χ1) is 5.70. The molecule has 0 aliphatic carbocycles. The summed E-state index contributed by atoms with van der Waals surface area (Å²) in [5, 5.41) is 11.2. The van der Waals surface area contributed by atoms with Crippen LogP contribution < -0.4 is 5.32 Å². The second-order valence-electron chi connectivity index (χ2n) is 2.08. The Morgan fingerprint density at radius 3 is 3.00 bits per heavy atom. The van der Waals surface area contributed by atoms with Gasteiger partial charge in [-0.15, -0.1) is 11.6 Å². The van der Waals surface area contributed by atoms with Crippen molar-refractivity contribution in [3.05, 3.63) is 12.7 Å². The van der Waals surface area contributed by atoms with Crippen molar-refractivity contribution in [3.63, 3.8) is 0 Å². The van der Waals surface area contributed by atoms with Crippen LogP contribution in [0.1, 0.15) is 0 Å². The van der Waals surface area contributed by atoms with Crippen LogP contribution in [0.2, 0.25) is 0 Å². The van der Waals surface area contributed by atoms with Crippen LogP contribution in [0, 0.1) is 0 Å². The predicted molar refractivity (Wildman–Crippen MR) is 46.3 cm³/mol. The maximum Gasteiger partial charge on any atom is 0.407 e. The van der Waals surface area contributed by atoms with Crippen molar-refractivity contribution in [2.24, 2.45) is 0 Å². The number of halogens is 1. The van der Waals surface area contributed by atoms with Gasteiger partial charge in [0.15, 0.2) is 0 Å². The second-order valence-corrected chi connectivity index (χ2v) is 2.38. The van der Waals surface area contributed by atoms with E-state index in [1.807, 2.05) is 0 Å². The Labute approximate surface area is 76.2 Å². The van der Waals surface area contributed by atoms with E-state index in [1.54, 1.807) is 0 Å². The molecule has 0 aliphatic rings. The van der Waals surface area contributed by atoms with Gasteiger partial charge in [0.25, 0.3) is 0 Å². The average Bonchev–Trinajstić information content (AvgIpc) is 2.10. The van der Waals surface area contributed by atoms with Crippen LogP contribution in [-0.4, -0.2) is 36.3 Å². The number of carbonyl (C=O) groups is 1. The van der Waals surface area contributed by atoms with Crippen LogP contribution in [0.25, 0.3) is 0 Å². The zero-order chi connectivity index (χ0) is 9.40. The largest absolute Gasteiger partial charge is 0.445 e. The zero-order valence-corrected chi connectivity index (χ0v) is 7.38. The number of hydrogen-bond donors (Lipinski definition) is 2. The highest BCUT2D eigenvalue weighted by atomic mass is 35.5. The van der Waals surface area contributed by atoms with Gasteiger partial charge >= 0.3 is 6.09 Å². The molecule has 0 radical (unpaired) electrons. The van der Waals surface area contributed by atoms with Crippen molar-refractivity contribution in [2.45, 2.75) is 6.10 Å². The Bertz CT molecular complexity index is 152. The van der Waals surface area contributed by atoms with Crippen LogP contribution in [0.3, 0.4) is 0 Å². The number of carbonyl (C=O) groups excluding carboxylic acids is 1. The quantitative estimate of drug-likeness (QED) is 0.494. The van der Waals surface area contributed by atoms with E-state index in [2.05, 4.69) is 16.6 Å². The molecule has 0 spiro atoms. The lowest BCUT2D eigenvalue weighted by molar-refractivity contribution is 0.145. The first kappa shape index (κ1) is 11.3. The van der Waals surface area contributed by atoms with Gasteiger partial charge in [0.05, 0.1) is 12.0 Å². The van der Waals surface area contributed by atoms with E-state index >= 15 is 0 Å². The minimum Gasteiger partial charge on any atom is -0.445 e. The molecule has 1 atom stereocenters. The van der Waals surface area contributed by atoms with Gasteiger partial charge in [-0.05, 0) is 0 Å². The summed E-state index contributed by atoms with van der Waals surface area (Å²) in [6.45, 7) is 3.62. The predicted octanol–water partition coefficient (Wildman–Crippen LogP) is 0.498. The molecule has 1 amide bonds. The minimum absolute atomic E-state index is 0.0851. The number of nitrogens with one attached hydrogen (secondary N) is 1. The summed E-state index contributed by atoms with van der Waals surface area (Å²) in [7, 11) is 0. The number of aliphatic hydroxyl groups is 1. The molecule has 0 rings (SSSR count). The van der Waals surface area contributed by atoms with E-state index in [0.717, 1.165) is 0 Å². The van der Waals surface area contributed by atoms with E-state index in [-0.39, 0.29) is 19.0 Å². The third-order valence-corrected chi connectivity index (χ3v) is 1.35. The SMILES string of the molecule is C=CCOC(=O)NC[C@@H](O)CCl. The van der Waals surface area contributed by atoms with Crippen LogP contribution in [0.15, 0.2) is 12.7 Å². The number of ether oxygens (including phenoxy) is 1. The number of aliphatic hydroxyl groups excluding tert-OH is 1. The van der Waals surface area contributed by atoms with Crippen molar-refractivity contribution in [1.82, 2.24) is 5.32 Å². The molecular weight excluding hydrogens is 182 g/mol. The summed E-state index contributed by atoms with van der Waals surface area (Å²) in [6, 6.07) is 0. The van der Waals surface area contributed by atoms with Crippen molar-refractivity contribution < 1.29 is 14.6 Å². The fourth-order valence-corrected chi connectivity index (χ4v) is 0.550. The first-order valence-corrected chi connectivity index (χ1v) is 3.99. The van der Waals surface area contributed by atoms with Gasteiger partial charge in [-0.25, -0.2) is 4.79 Å². The lowest BCUT2D eigenvalue weighted by atomic mass is 10.4. The molecule has 5 heteroatoms. The Balaban J connectivity index is 3.36. The van der Waals surface area contributed by atoms with E-state index < -0.39 is 12.2 Å². The monoisotopic (exact) mass is 193 g/mol. The number of hydrogen-bond acceptors (Lipinski definition) is 3. The van der Waals surface area contributed by atoms with Gasteiger partial charge in [-0.2, -0.15) is 0 Å². The van der Waals surface area contributed by atoms with Gasteiger partial charge in [-0.1, -0.05) is 12.7 Å². The molecular formula is C7H12ClNO3. The van der Waals surface area contributed by atoms with Crippen LogP contribution in [-0.2, 0) is 4.74 Å². The molecule has 0 unspecified atom stereocenters. The maximum absolute atomic E-state index is 10.7. The second kappa shape index (κ2) is 6.94. The Morgan fingerprint density at radius 2 is 2.50 bits per heavy atom. The van der Waals surface area contributed by atoms with Crippen molar-refractivity contribution >= 4 is 17.7 Å². The molecule has 12 heavy (non-hydrogen) atoms. The average molecular weight is 194 g/mol. The van der Waals surface area contributed by atoms with E-state index in [4.69, 9.17) is 16.7 Å². The van der Waals surface area contributed by atoms with Crippen LogP contribution >= 0.6 is 11.6 Å². The molecule has 0 bridgehead atoms. The third-order valence-electron chi connectivity index (χ3n) is 0.992. The summed E-state index contributed by atoms with van der Waals surface area (Å²) in [5.41, 5.74) is 0. The highest BCUT2D eigenvalue weighted by Gasteiger charge is 2.04. The Morgan fingerprint density at radius 1 is 1.83 bits per heavy atom. The van der Waals surface area contributed by atoms with Crippen molar-refractivity contribution in [2.75, 3.05) is 19.0 Å². The molecule has 0 heterocycles.